The molecule has 0 aliphatic heterocycles. The van der Waals surface area contributed by atoms with E-state index >= 15 is 0 Å². The van der Waals surface area contributed by atoms with Crippen LogP contribution in [0.25, 0.3) is 0 Å². The van der Waals surface area contributed by atoms with Crippen LogP contribution in [0, 0.1) is 5.41 Å². The molecule has 3 heteroatoms. The summed E-state index contributed by atoms with van der Waals surface area (Å²) in [4.78, 5) is 13.3. The molecule has 0 amide bonds. The van der Waals surface area contributed by atoms with Gasteiger partial charge in [0.1, 0.15) is 0 Å². The van der Waals surface area contributed by atoms with Gasteiger partial charge in [0, 0.05) is 10.3 Å². The number of ether oxygens (including phenoxy) is 1. The molecule has 0 N–H and O–H groups in total. The molecule has 2 rings (SSSR count). The zero-order valence-corrected chi connectivity index (χ0v) is 12.7. The van der Waals surface area contributed by atoms with Gasteiger partial charge < -0.3 is 4.74 Å². The Hall–Kier alpha value is -0.830. The first kappa shape index (κ1) is 13.6. The molecule has 100 valence electrons. The maximum Gasteiger partial charge on any atom is 0.339 e. The first-order chi connectivity index (χ1) is 8.27. The van der Waals surface area contributed by atoms with Crippen LogP contribution in [0.2, 0.25) is 0 Å². The fourth-order valence-electron chi connectivity index (χ4n) is 3.32. The number of thiophene rings is 1. The van der Waals surface area contributed by atoms with Crippen molar-refractivity contribution in [1.29, 1.82) is 0 Å². The lowest BCUT2D eigenvalue weighted by molar-refractivity contribution is 0.0524. The lowest BCUT2D eigenvalue weighted by Gasteiger charge is -2.40. The molecular weight excluding hydrogens is 244 g/mol. The molecule has 0 unspecified atom stereocenters. The number of hydrogen-bond donors (Lipinski definition) is 0. The summed E-state index contributed by atoms with van der Waals surface area (Å²) < 4.78 is 5.16. The van der Waals surface area contributed by atoms with Crippen LogP contribution in [0.4, 0.5) is 0 Å². The summed E-state index contributed by atoms with van der Waals surface area (Å²) in [6.45, 7) is 11.4. The second kappa shape index (κ2) is 4.37. The van der Waals surface area contributed by atoms with Gasteiger partial charge in [0.2, 0.25) is 0 Å². The van der Waals surface area contributed by atoms with Crippen LogP contribution in [0.1, 0.15) is 61.8 Å². The predicted molar refractivity (Wildman–Crippen MR) is 75.4 cm³/mol. The van der Waals surface area contributed by atoms with E-state index in [4.69, 9.17) is 4.74 Å². The van der Waals surface area contributed by atoms with E-state index in [0.717, 1.165) is 18.4 Å². The smallest absolute Gasteiger partial charge is 0.339 e. The van der Waals surface area contributed by atoms with E-state index in [1.165, 1.54) is 10.4 Å². The highest BCUT2D eigenvalue weighted by atomic mass is 32.1. The number of rotatable bonds is 2. The molecule has 18 heavy (non-hydrogen) atoms. The molecule has 0 saturated heterocycles. The third-order valence-corrected chi connectivity index (χ3v) is 4.97. The molecule has 1 aromatic heterocycles. The van der Waals surface area contributed by atoms with Gasteiger partial charge in [-0.05, 0) is 36.2 Å². The Morgan fingerprint density at radius 2 is 2.06 bits per heavy atom. The maximum absolute atomic E-state index is 12.0. The number of carbonyl (C=O) groups is 1. The van der Waals surface area contributed by atoms with Crippen LogP contribution in [-0.4, -0.2) is 12.6 Å². The van der Waals surface area contributed by atoms with Crippen molar-refractivity contribution < 1.29 is 9.53 Å². The SMILES string of the molecule is CCOC(=O)c1csc2c1CC(C)(C)CC2(C)C. The highest BCUT2D eigenvalue weighted by Crippen LogP contribution is 2.49. The van der Waals surface area contributed by atoms with Crippen molar-refractivity contribution in [1.82, 2.24) is 0 Å². The van der Waals surface area contributed by atoms with Gasteiger partial charge in [-0.25, -0.2) is 4.79 Å². The molecule has 1 aliphatic rings. The van der Waals surface area contributed by atoms with Crippen molar-refractivity contribution in [3.05, 3.63) is 21.4 Å². The molecule has 0 aromatic carbocycles. The molecule has 1 aromatic rings. The minimum Gasteiger partial charge on any atom is -0.462 e. The first-order valence-corrected chi connectivity index (χ1v) is 7.43. The Balaban J connectivity index is 2.46. The van der Waals surface area contributed by atoms with E-state index in [-0.39, 0.29) is 16.8 Å². The standard InChI is InChI=1S/C15H22O2S/c1-6-17-13(16)11-8-18-12-10(11)7-14(2,3)9-15(12,4)5/h8H,6-7,9H2,1-5H3. The number of carbonyl (C=O) groups excluding carboxylic acids is 1. The Labute approximate surface area is 113 Å². The van der Waals surface area contributed by atoms with Crippen molar-refractivity contribution >= 4 is 17.3 Å². The van der Waals surface area contributed by atoms with Gasteiger partial charge in [-0.1, -0.05) is 27.7 Å². The zero-order chi connectivity index (χ0) is 13.6. The average Bonchev–Trinajstić information content (AvgIpc) is 2.59. The molecule has 0 saturated carbocycles. The summed E-state index contributed by atoms with van der Waals surface area (Å²) >= 11 is 1.71. The van der Waals surface area contributed by atoms with Gasteiger partial charge >= 0.3 is 5.97 Å². The highest BCUT2D eigenvalue weighted by Gasteiger charge is 2.40. The highest BCUT2D eigenvalue weighted by molar-refractivity contribution is 7.10. The minimum absolute atomic E-state index is 0.159. The summed E-state index contributed by atoms with van der Waals surface area (Å²) in [6.07, 6.45) is 2.14. The fraction of sp³-hybridized carbons (Fsp3) is 0.667. The van der Waals surface area contributed by atoms with Crippen LogP contribution in [0.15, 0.2) is 5.38 Å². The molecule has 0 atom stereocenters. The van der Waals surface area contributed by atoms with E-state index in [1.54, 1.807) is 11.3 Å². The van der Waals surface area contributed by atoms with Crippen LogP contribution in [0.3, 0.4) is 0 Å². The summed E-state index contributed by atoms with van der Waals surface area (Å²) in [6, 6.07) is 0. The summed E-state index contributed by atoms with van der Waals surface area (Å²) in [5, 5.41) is 1.98. The largest absolute Gasteiger partial charge is 0.462 e. The van der Waals surface area contributed by atoms with E-state index < -0.39 is 0 Å². The number of fused-ring (bicyclic) bond motifs is 1. The van der Waals surface area contributed by atoms with Crippen LogP contribution in [0.5, 0.6) is 0 Å². The van der Waals surface area contributed by atoms with Gasteiger partial charge in [-0.15, -0.1) is 11.3 Å². The van der Waals surface area contributed by atoms with Crippen molar-refractivity contribution in [3.63, 3.8) is 0 Å². The summed E-state index contributed by atoms with van der Waals surface area (Å²) in [5.41, 5.74) is 2.42. The second-order valence-corrected chi connectivity index (χ2v) is 7.46. The van der Waals surface area contributed by atoms with Crippen molar-refractivity contribution in [2.24, 2.45) is 5.41 Å². The predicted octanol–water partition coefficient (Wildman–Crippen LogP) is 4.17. The van der Waals surface area contributed by atoms with Gasteiger partial charge in [-0.2, -0.15) is 0 Å². The topological polar surface area (TPSA) is 26.3 Å². The Morgan fingerprint density at radius 3 is 2.67 bits per heavy atom. The van der Waals surface area contributed by atoms with E-state index in [9.17, 15) is 4.79 Å². The van der Waals surface area contributed by atoms with Gasteiger partial charge in [0.15, 0.2) is 0 Å². The van der Waals surface area contributed by atoms with Gasteiger partial charge in [-0.3, -0.25) is 0 Å². The van der Waals surface area contributed by atoms with Gasteiger partial charge in [0.05, 0.1) is 12.2 Å². The Kier molecular flexibility index (Phi) is 3.30. The molecule has 1 aliphatic carbocycles. The maximum atomic E-state index is 12.0. The average molecular weight is 266 g/mol. The monoisotopic (exact) mass is 266 g/mol. The van der Waals surface area contributed by atoms with E-state index in [2.05, 4.69) is 27.7 Å². The molecule has 2 nitrogen and oxygen atoms in total. The van der Waals surface area contributed by atoms with Crippen LogP contribution < -0.4 is 0 Å². The Bertz CT molecular complexity index is 469. The van der Waals surface area contributed by atoms with Crippen molar-refractivity contribution in [3.8, 4) is 0 Å². The molecule has 0 bridgehead atoms. The molecule has 0 spiro atoms. The van der Waals surface area contributed by atoms with E-state index in [0.29, 0.717) is 6.61 Å². The molecule has 0 fully saturated rings. The Morgan fingerprint density at radius 1 is 1.39 bits per heavy atom. The van der Waals surface area contributed by atoms with Crippen molar-refractivity contribution in [2.75, 3.05) is 6.61 Å². The molecule has 1 heterocycles. The lowest BCUT2D eigenvalue weighted by atomic mass is 9.65. The first-order valence-electron chi connectivity index (χ1n) is 6.55. The summed E-state index contributed by atoms with van der Waals surface area (Å²) in [5.74, 6) is -0.163. The van der Waals surface area contributed by atoms with Crippen molar-refractivity contribution in [2.45, 2.75) is 52.9 Å². The van der Waals surface area contributed by atoms with Gasteiger partial charge in [0.25, 0.3) is 0 Å². The second-order valence-electron chi connectivity index (χ2n) is 6.58. The third-order valence-electron chi connectivity index (χ3n) is 3.58. The zero-order valence-electron chi connectivity index (χ0n) is 11.9. The minimum atomic E-state index is -0.163. The molecule has 0 radical (unpaired) electrons. The van der Waals surface area contributed by atoms with Crippen LogP contribution >= 0.6 is 11.3 Å². The normalized spacial score (nSPS) is 20.3. The van der Waals surface area contributed by atoms with Crippen LogP contribution in [-0.2, 0) is 16.6 Å². The fourth-order valence-corrected chi connectivity index (χ4v) is 4.51. The van der Waals surface area contributed by atoms with E-state index in [1.807, 2.05) is 12.3 Å². The lowest BCUT2D eigenvalue weighted by Crippen LogP contribution is -2.34. The molecular formula is C15H22O2S. The summed E-state index contributed by atoms with van der Waals surface area (Å²) in [7, 11) is 0. The number of esters is 1. The third kappa shape index (κ3) is 2.33. The quantitative estimate of drug-likeness (QED) is 0.751. The number of hydrogen-bond acceptors (Lipinski definition) is 3.